The zero-order valence-corrected chi connectivity index (χ0v) is 11.9. The van der Waals surface area contributed by atoms with Gasteiger partial charge in [-0.05, 0) is 45.3 Å². The Morgan fingerprint density at radius 1 is 1.35 bits per heavy atom. The van der Waals surface area contributed by atoms with E-state index in [9.17, 15) is 4.79 Å². The standard InChI is InChI=1S/C13H24N2OS/c1-4-12-14-9(2)13(16)15(12)10-5-7-11(17-3)8-6-10/h9-12,14H,4-8H2,1-3H3. The molecule has 0 bridgehead atoms. The highest BCUT2D eigenvalue weighted by Gasteiger charge is 2.40. The second-order valence-electron chi connectivity index (χ2n) is 5.22. The van der Waals surface area contributed by atoms with Crippen molar-refractivity contribution >= 4 is 17.7 Å². The molecule has 0 radical (unpaired) electrons. The first kappa shape index (κ1) is 13.2. The predicted molar refractivity (Wildman–Crippen MR) is 73.1 cm³/mol. The van der Waals surface area contributed by atoms with Crippen molar-refractivity contribution < 1.29 is 4.79 Å². The summed E-state index contributed by atoms with van der Waals surface area (Å²) in [7, 11) is 0. The van der Waals surface area contributed by atoms with Crippen LogP contribution in [0.4, 0.5) is 0 Å². The normalized spacial score (nSPS) is 38.8. The molecule has 1 heterocycles. The summed E-state index contributed by atoms with van der Waals surface area (Å²) in [5.41, 5.74) is 0. The van der Waals surface area contributed by atoms with Gasteiger partial charge in [0.05, 0.1) is 12.2 Å². The van der Waals surface area contributed by atoms with E-state index in [4.69, 9.17) is 0 Å². The Balaban J connectivity index is 1.99. The molecule has 1 aliphatic heterocycles. The minimum absolute atomic E-state index is 0.0122. The van der Waals surface area contributed by atoms with Crippen molar-refractivity contribution in [2.24, 2.45) is 0 Å². The fourth-order valence-corrected chi connectivity index (χ4v) is 3.87. The number of nitrogens with zero attached hydrogens (tertiary/aromatic N) is 1. The van der Waals surface area contributed by atoms with E-state index in [-0.39, 0.29) is 12.2 Å². The number of hydrogen-bond acceptors (Lipinski definition) is 3. The van der Waals surface area contributed by atoms with Crippen LogP contribution in [0.25, 0.3) is 0 Å². The van der Waals surface area contributed by atoms with Crippen molar-refractivity contribution in [2.45, 2.75) is 69.5 Å². The number of amides is 1. The van der Waals surface area contributed by atoms with E-state index >= 15 is 0 Å². The molecule has 2 aliphatic rings. The van der Waals surface area contributed by atoms with E-state index in [1.807, 2.05) is 18.7 Å². The van der Waals surface area contributed by atoms with Gasteiger partial charge in [-0.15, -0.1) is 0 Å². The average molecular weight is 256 g/mol. The SMILES string of the molecule is CCC1NC(C)C(=O)N1C1CCC(SC)CC1. The molecule has 0 aromatic rings. The third-order valence-corrected chi connectivity index (χ3v) is 5.30. The van der Waals surface area contributed by atoms with Gasteiger partial charge in [0.1, 0.15) is 0 Å². The van der Waals surface area contributed by atoms with Crippen molar-refractivity contribution in [1.82, 2.24) is 10.2 Å². The Morgan fingerprint density at radius 2 is 2.00 bits per heavy atom. The highest BCUT2D eigenvalue weighted by Crippen LogP contribution is 2.32. The van der Waals surface area contributed by atoms with E-state index in [1.165, 1.54) is 25.7 Å². The molecule has 17 heavy (non-hydrogen) atoms. The summed E-state index contributed by atoms with van der Waals surface area (Å²) < 4.78 is 0. The van der Waals surface area contributed by atoms with E-state index in [0.29, 0.717) is 11.9 Å². The second kappa shape index (κ2) is 5.61. The topological polar surface area (TPSA) is 32.3 Å². The molecule has 1 amide bonds. The molecule has 0 aromatic heterocycles. The number of carbonyl (C=O) groups is 1. The van der Waals surface area contributed by atoms with Gasteiger partial charge in [-0.1, -0.05) is 6.92 Å². The van der Waals surface area contributed by atoms with Crippen molar-refractivity contribution in [3.05, 3.63) is 0 Å². The fourth-order valence-electron chi connectivity index (χ4n) is 3.13. The molecule has 2 fully saturated rings. The molecule has 3 nitrogen and oxygen atoms in total. The molecule has 0 aromatic carbocycles. The van der Waals surface area contributed by atoms with Gasteiger partial charge in [0.25, 0.3) is 0 Å². The van der Waals surface area contributed by atoms with Gasteiger partial charge < -0.3 is 4.90 Å². The Morgan fingerprint density at radius 3 is 2.53 bits per heavy atom. The van der Waals surface area contributed by atoms with Gasteiger partial charge in [0.2, 0.25) is 5.91 Å². The quantitative estimate of drug-likeness (QED) is 0.840. The van der Waals surface area contributed by atoms with Gasteiger partial charge in [0.15, 0.2) is 0 Å². The molecule has 1 N–H and O–H groups in total. The minimum atomic E-state index is 0.0122. The van der Waals surface area contributed by atoms with Gasteiger partial charge in [-0.25, -0.2) is 0 Å². The number of hydrogen-bond donors (Lipinski definition) is 1. The molecular weight excluding hydrogens is 232 g/mol. The van der Waals surface area contributed by atoms with Crippen LogP contribution in [0.5, 0.6) is 0 Å². The molecule has 1 saturated carbocycles. The first-order valence-corrected chi connectivity index (χ1v) is 8.07. The van der Waals surface area contributed by atoms with E-state index in [2.05, 4.69) is 23.4 Å². The van der Waals surface area contributed by atoms with Crippen LogP contribution in [0.15, 0.2) is 0 Å². The summed E-state index contributed by atoms with van der Waals surface area (Å²) in [6, 6.07) is 0.492. The molecule has 1 saturated heterocycles. The summed E-state index contributed by atoms with van der Waals surface area (Å²) in [4.78, 5) is 14.3. The van der Waals surface area contributed by atoms with Gasteiger partial charge in [0, 0.05) is 11.3 Å². The number of thioether (sulfide) groups is 1. The van der Waals surface area contributed by atoms with Crippen LogP contribution in [-0.2, 0) is 4.79 Å². The summed E-state index contributed by atoms with van der Waals surface area (Å²) in [5.74, 6) is 0.310. The molecule has 2 atom stereocenters. The Hall–Kier alpha value is -0.220. The molecule has 2 unspecified atom stereocenters. The third-order valence-electron chi connectivity index (χ3n) is 4.16. The van der Waals surface area contributed by atoms with Gasteiger partial charge >= 0.3 is 0 Å². The largest absolute Gasteiger partial charge is 0.323 e. The molecule has 2 rings (SSSR count). The van der Waals surface area contributed by atoms with Crippen LogP contribution in [0, 0.1) is 0 Å². The van der Waals surface area contributed by atoms with Crippen LogP contribution in [-0.4, -0.2) is 40.6 Å². The molecule has 4 heteroatoms. The Labute approximate surface area is 109 Å². The second-order valence-corrected chi connectivity index (χ2v) is 6.36. The lowest BCUT2D eigenvalue weighted by atomic mass is 9.93. The lowest BCUT2D eigenvalue weighted by molar-refractivity contribution is -0.132. The van der Waals surface area contributed by atoms with Crippen molar-refractivity contribution in [2.75, 3.05) is 6.26 Å². The predicted octanol–water partition coefficient (Wildman–Crippen LogP) is 2.22. The van der Waals surface area contributed by atoms with Gasteiger partial charge in [-0.3, -0.25) is 10.1 Å². The Kier molecular flexibility index (Phi) is 4.36. The molecule has 1 aliphatic carbocycles. The Bertz CT molecular complexity index is 277. The maximum Gasteiger partial charge on any atom is 0.240 e. The summed E-state index contributed by atoms with van der Waals surface area (Å²) in [6.07, 6.45) is 8.38. The van der Waals surface area contributed by atoms with Crippen LogP contribution in [0.2, 0.25) is 0 Å². The zero-order valence-electron chi connectivity index (χ0n) is 11.1. The first-order valence-electron chi connectivity index (χ1n) is 6.78. The van der Waals surface area contributed by atoms with Crippen LogP contribution in [0.3, 0.4) is 0 Å². The van der Waals surface area contributed by atoms with Crippen LogP contribution >= 0.6 is 11.8 Å². The molecule has 0 spiro atoms. The van der Waals surface area contributed by atoms with Crippen LogP contribution in [0.1, 0.15) is 46.0 Å². The zero-order chi connectivity index (χ0) is 12.4. The third kappa shape index (κ3) is 2.63. The number of rotatable bonds is 3. The average Bonchev–Trinajstić information content (AvgIpc) is 2.65. The van der Waals surface area contributed by atoms with E-state index in [1.54, 1.807) is 0 Å². The van der Waals surface area contributed by atoms with Gasteiger partial charge in [-0.2, -0.15) is 11.8 Å². The highest BCUT2D eigenvalue weighted by molar-refractivity contribution is 7.99. The maximum atomic E-state index is 12.2. The lowest BCUT2D eigenvalue weighted by Gasteiger charge is -2.37. The van der Waals surface area contributed by atoms with Crippen molar-refractivity contribution in [3.63, 3.8) is 0 Å². The van der Waals surface area contributed by atoms with Crippen molar-refractivity contribution in [1.29, 1.82) is 0 Å². The summed E-state index contributed by atoms with van der Waals surface area (Å²) >= 11 is 1.98. The highest BCUT2D eigenvalue weighted by atomic mass is 32.2. The fraction of sp³-hybridized carbons (Fsp3) is 0.923. The number of nitrogens with one attached hydrogen (secondary N) is 1. The lowest BCUT2D eigenvalue weighted by Crippen LogP contribution is -2.46. The smallest absolute Gasteiger partial charge is 0.240 e. The summed E-state index contributed by atoms with van der Waals surface area (Å²) in [6.45, 7) is 4.14. The summed E-state index contributed by atoms with van der Waals surface area (Å²) in [5, 5.41) is 4.21. The minimum Gasteiger partial charge on any atom is -0.323 e. The molecular formula is C13H24N2OS. The molecule has 98 valence electrons. The van der Waals surface area contributed by atoms with E-state index < -0.39 is 0 Å². The van der Waals surface area contributed by atoms with E-state index in [0.717, 1.165) is 11.7 Å². The van der Waals surface area contributed by atoms with Crippen LogP contribution < -0.4 is 5.32 Å². The first-order chi connectivity index (χ1) is 8.17. The van der Waals surface area contributed by atoms with Crippen molar-refractivity contribution in [3.8, 4) is 0 Å². The maximum absolute atomic E-state index is 12.2. The number of carbonyl (C=O) groups excluding carboxylic acids is 1. The monoisotopic (exact) mass is 256 g/mol.